The smallest absolute Gasteiger partial charge is 0.214 e. The van der Waals surface area contributed by atoms with Crippen molar-refractivity contribution in [3.8, 4) is 0 Å². The zero-order valence-corrected chi connectivity index (χ0v) is 9.38. The summed E-state index contributed by atoms with van der Waals surface area (Å²) in [5.41, 5.74) is 6.03. The number of nitrogens with one attached hydrogen (secondary N) is 2. The largest absolute Gasteiger partial charge is 0.384 e. The zero-order valence-electron chi connectivity index (χ0n) is 8.56. The number of nitrogen functional groups attached to an aromatic ring is 1. The number of aryl methyl sites for hydroxylation is 1. The third-order valence-electron chi connectivity index (χ3n) is 1.82. The molecule has 0 saturated heterocycles. The van der Waals surface area contributed by atoms with Crippen molar-refractivity contribution >= 4 is 17.6 Å². The zero-order chi connectivity index (χ0) is 11.5. The summed E-state index contributed by atoms with van der Waals surface area (Å²) in [7, 11) is 0. The molecule has 0 atom stereocenters. The fourth-order valence-electron chi connectivity index (χ4n) is 1.09. The molecule has 2 aromatic rings. The predicted molar refractivity (Wildman–Crippen MR) is 60.5 cm³/mol. The van der Waals surface area contributed by atoms with Crippen LogP contribution in [0.3, 0.4) is 0 Å². The van der Waals surface area contributed by atoms with Crippen molar-refractivity contribution in [1.82, 2.24) is 20.2 Å². The van der Waals surface area contributed by atoms with Gasteiger partial charge in [0.2, 0.25) is 5.16 Å². The highest BCUT2D eigenvalue weighted by atomic mass is 32.2. The number of H-pyrrole nitrogens is 1. The van der Waals surface area contributed by atoms with Gasteiger partial charge in [0.25, 0.3) is 0 Å². The molecule has 7 heteroatoms. The van der Waals surface area contributed by atoms with E-state index in [4.69, 9.17) is 11.1 Å². The molecular formula is C9H10N6S. The Morgan fingerprint density at radius 2 is 2.38 bits per heavy atom. The lowest BCUT2D eigenvalue weighted by atomic mass is 10.2. The van der Waals surface area contributed by atoms with E-state index in [9.17, 15) is 0 Å². The normalized spacial score (nSPS) is 10.3. The number of rotatable bonds is 3. The SMILES string of the molecule is Cc1nc(Sc2cc(C(=N)N)ccn2)n[nH]1. The summed E-state index contributed by atoms with van der Waals surface area (Å²) in [5, 5.41) is 15.4. The molecule has 0 radical (unpaired) electrons. The molecule has 0 aliphatic rings. The van der Waals surface area contributed by atoms with Crippen LogP contribution in [0.15, 0.2) is 28.5 Å². The lowest BCUT2D eigenvalue weighted by molar-refractivity contribution is 0.964. The summed E-state index contributed by atoms with van der Waals surface area (Å²) in [6.45, 7) is 1.83. The molecule has 0 aliphatic heterocycles. The molecule has 2 rings (SSSR count). The fraction of sp³-hybridized carbons (Fsp3) is 0.111. The van der Waals surface area contributed by atoms with Crippen molar-refractivity contribution in [2.45, 2.75) is 17.1 Å². The van der Waals surface area contributed by atoms with E-state index in [-0.39, 0.29) is 5.84 Å². The minimum atomic E-state index is 0.0235. The van der Waals surface area contributed by atoms with Crippen LogP contribution in [0.25, 0.3) is 0 Å². The first-order valence-corrected chi connectivity index (χ1v) is 5.34. The molecule has 0 aromatic carbocycles. The van der Waals surface area contributed by atoms with Gasteiger partial charge in [-0.05, 0) is 30.8 Å². The molecule has 0 unspecified atom stereocenters. The Hall–Kier alpha value is -1.89. The molecule has 4 N–H and O–H groups in total. The minimum Gasteiger partial charge on any atom is -0.384 e. The van der Waals surface area contributed by atoms with Crippen LogP contribution >= 0.6 is 11.8 Å². The lowest BCUT2D eigenvalue weighted by Crippen LogP contribution is -2.10. The van der Waals surface area contributed by atoms with Gasteiger partial charge < -0.3 is 5.73 Å². The molecule has 0 bridgehead atoms. The highest BCUT2D eigenvalue weighted by Crippen LogP contribution is 2.22. The molecule has 6 nitrogen and oxygen atoms in total. The maximum absolute atomic E-state index is 7.32. The van der Waals surface area contributed by atoms with Crippen LogP contribution < -0.4 is 5.73 Å². The van der Waals surface area contributed by atoms with Crippen LogP contribution in [0, 0.1) is 12.3 Å². The van der Waals surface area contributed by atoms with Crippen LogP contribution in [0.1, 0.15) is 11.4 Å². The second kappa shape index (κ2) is 4.31. The van der Waals surface area contributed by atoms with Crippen LogP contribution in [-0.4, -0.2) is 26.0 Å². The van der Waals surface area contributed by atoms with Gasteiger partial charge >= 0.3 is 0 Å². The van der Waals surface area contributed by atoms with E-state index in [1.807, 2.05) is 6.92 Å². The van der Waals surface area contributed by atoms with Gasteiger partial charge in [-0.1, -0.05) is 0 Å². The average Bonchev–Trinajstić information content (AvgIpc) is 2.64. The highest BCUT2D eigenvalue weighted by Gasteiger charge is 2.05. The van der Waals surface area contributed by atoms with Crippen molar-refractivity contribution in [1.29, 1.82) is 5.41 Å². The Kier molecular flexibility index (Phi) is 2.86. The number of aromatic nitrogens is 4. The van der Waals surface area contributed by atoms with E-state index in [2.05, 4.69) is 20.2 Å². The van der Waals surface area contributed by atoms with Gasteiger partial charge in [0.1, 0.15) is 16.7 Å². The van der Waals surface area contributed by atoms with E-state index in [1.54, 1.807) is 18.3 Å². The molecule has 82 valence electrons. The third kappa shape index (κ3) is 2.37. The topological polar surface area (TPSA) is 104 Å². The number of hydrogen-bond donors (Lipinski definition) is 3. The molecule has 0 fully saturated rings. The number of hydrogen-bond acceptors (Lipinski definition) is 5. The van der Waals surface area contributed by atoms with Crippen molar-refractivity contribution < 1.29 is 0 Å². The first kappa shape index (κ1) is 10.6. The molecule has 2 heterocycles. The van der Waals surface area contributed by atoms with Gasteiger partial charge in [-0.2, -0.15) is 0 Å². The second-order valence-corrected chi connectivity index (χ2v) is 4.09. The Bertz CT molecular complexity index is 520. The summed E-state index contributed by atoms with van der Waals surface area (Å²) >= 11 is 1.32. The minimum absolute atomic E-state index is 0.0235. The molecule has 16 heavy (non-hydrogen) atoms. The van der Waals surface area contributed by atoms with Gasteiger partial charge in [-0.15, -0.1) is 5.10 Å². The summed E-state index contributed by atoms with van der Waals surface area (Å²) in [6, 6.07) is 3.42. The molecule has 0 spiro atoms. The maximum atomic E-state index is 7.32. The maximum Gasteiger partial charge on any atom is 0.214 e. The number of aromatic amines is 1. The molecule has 0 saturated carbocycles. The van der Waals surface area contributed by atoms with Crippen molar-refractivity contribution in [2.75, 3.05) is 0 Å². The lowest BCUT2D eigenvalue weighted by Gasteiger charge is -1.99. The summed E-state index contributed by atoms with van der Waals surface area (Å²) in [5.74, 6) is 0.778. The first-order chi connectivity index (χ1) is 7.65. The van der Waals surface area contributed by atoms with Crippen LogP contribution in [0.2, 0.25) is 0 Å². The number of pyridine rings is 1. The fourth-order valence-corrected chi connectivity index (χ4v) is 1.85. The van der Waals surface area contributed by atoms with Gasteiger partial charge in [0, 0.05) is 11.8 Å². The Morgan fingerprint density at radius 1 is 1.56 bits per heavy atom. The van der Waals surface area contributed by atoms with Crippen molar-refractivity contribution in [3.05, 3.63) is 29.7 Å². The predicted octanol–water partition coefficient (Wildman–Crippen LogP) is 0.943. The summed E-state index contributed by atoms with van der Waals surface area (Å²) in [6.07, 6.45) is 1.61. The Balaban J connectivity index is 2.21. The Morgan fingerprint density at radius 3 is 3.00 bits per heavy atom. The van der Waals surface area contributed by atoms with E-state index < -0.39 is 0 Å². The van der Waals surface area contributed by atoms with E-state index in [1.165, 1.54) is 11.8 Å². The highest BCUT2D eigenvalue weighted by molar-refractivity contribution is 7.99. The van der Waals surface area contributed by atoms with Gasteiger partial charge in [-0.3, -0.25) is 10.5 Å². The third-order valence-corrected chi connectivity index (χ3v) is 2.62. The monoisotopic (exact) mass is 234 g/mol. The molecule has 2 aromatic heterocycles. The first-order valence-electron chi connectivity index (χ1n) is 4.52. The number of nitrogens with zero attached hydrogens (tertiary/aromatic N) is 3. The van der Waals surface area contributed by atoms with Crippen molar-refractivity contribution in [3.63, 3.8) is 0 Å². The van der Waals surface area contributed by atoms with Gasteiger partial charge in [-0.25, -0.2) is 9.97 Å². The van der Waals surface area contributed by atoms with Crippen LogP contribution in [-0.2, 0) is 0 Å². The number of amidine groups is 1. The molecular weight excluding hydrogens is 224 g/mol. The van der Waals surface area contributed by atoms with Gasteiger partial charge in [0.15, 0.2) is 0 Å². The molecule has 0 amide bonds. The van der Waals surface area contributed by atoms with E-state index >= 15 is 0 Å². The summed E-state index contributed by atoms with van der Waals surface area (Å²) < 4.78 is 0. The van der Waals surface area contributed by atoms with Crippen LogP contribution in [0.4, 0.5) is 0 Å². The molecule has 0 aliphatic carbocycles. The second-order valence-electron chi connectivity index (χ2n) is 3.10. The quantitative estimate of drug-likeness (QED) is 0.541. The number of nitrogens with two attached hydrogens (primary N) is 1. The standard InChI is InChI=1S/C9H10N6S/c1-5-13-9(15-14-5)16-7-4-6(8(10)11)2-3-12-7/h2-4H,1H3,(H3,10,11)(H,13,14,15). The Labute approximate surface area is 96.2 Å². The van der Waals surface area contributed by atoms with Crippen molar-refractivity contribution in [2.24, 2.45) is 5.73 Å². The van der Waals surface area contributed by atoms with Crippen LogP contribution in [0.5, 0.6) is 0 Å². The average molecular weight is 234 g/mol. The van der Waals surface area contributed by atoms with E-state index in [0.29, 0.717) is 15.7 Å². The summed E-state index contributed by atoms with van der Waals surface area (Å²) in [4.78, 5) is 8.30. The van der Waals surface area contributed by atoms with Gasteiger partial charge in [0.05, 0.1) is 0 Å². The van der Waals surface area contributed by atoms with E-state index in [0.717, 1.165) is 5.82 Å².